The minimum Gasteiger partial charge on any atom is -0.493 e. The van der Waals surface area contributed by atoms with Gasteiger partial charge in [0.05, 0.1) is 78.1 Å². The van der Waals surface area contributed by atoms with E-state index >= 15 is 0 Å². The summed E-state index contributed by atoms with van der Waals surface area (Å²) in [7, 11) is 3.21. The fraction of sp³-hybridized carbons (Fsp3) is 0.429. The van der Waals surface area contributed by atoms with E-state index in [0.717, 1.165) is 88.6 Å². The van der Waals surface area contributed by atoms with E-state index < -0.39 is 6.03 Å². The number of carbonyl (C=O) groups excluding carboxylic acids is 2. The molecule has 4 saturated heterocycles. The van der Waals surface area contributed by atoms with Gasteiger partial charge in [-0.15, -0.1) is 0 Å². The van der Waals surface area contributed by atoms with Gasteiger partial charge in [-0.2, -0.15) is 9.97 Å². The maximum Gasteiger partial charge on any atom is 0.324 e. The van der Waals surface area contributed by atoms with Crippen molar-refractivity contribution in [2.24, 2.45) is 0 Å². The predicted octanol–water partition coefficient (Wildman–Crippen LogP) is 6.70. The molecule has 418 valence electrons. The smallest absolute Gasteiger partial charge is 0.324 e. The Bertz CT molecular complexity index is 3180. The van der Waals surface area contributed by atoms with E-state index in [9.17, 15) is 9.59 Å². The summed E-state index contributed by atoms with van der Waals surface area (Å²) in [5, 5.41) is 14.0. The number of fused-ring (bicyclic) bond motifs is 3. The number of urea groups is 2. The van der Waals surface area contributed by atoms with Gasteiger partial charge in [0.15, 0.2) is 23.0 Å². The molecule has 0 spiro atoms. The second kappa shape index (κ2) is 26.7. The number of H-pyrrole nitrogens is 1. The van der Waals surface area contributed by atoms with Crippen LogP contribution < -0.4 is 50.0 Å². The third kappa shape index (κ3) is 14.3. The number of morpholine rings is 4. The zero-order chi connectivity index (χ0) is 54.3. The fourth-order valence-electron chi connectivity index (χ4n) is 9.55. The largest absolute Gasteiger partial charge is 0.493 e. The molecule has 11 rings (SSSR count). The van der Waals surface area contributed by atoms with Crippen LogP contribution in [-0.2, 0) is 25.4 Å². The first-order valence-corrected chi connectivity index (χ1v) is 26.9. The number of hydrogen-bond acceptors (Lipinski definition) is 18. The first kappa shape index (κ1) is 54.6. The molecule has 79 heavy (non-hydrogen) atoms. The van der Waals surface area contributed by atoms with Crippen molar-refractivity contribution in [3.05, 3.63) is 84.6 Å². The van der Waals surface area contributed by atoms with Gasteiger partial charge in [0.1, 0.15) is 24.8 Å². The molecule has 4 aliphatic rings. The number of nitrogens with one attached hydrogen (secondary N) is 5. The minimum atomic E-state index is -0.409. The highest BCUT2D eigenvalue weighted by molar-refractivity contribution is 6.06. The third-order valence-electron chi connectivity index (χ3n) is 13.9. The first-order valence-electron chi connectivity index (χ1n) is 26.9. The van der Waals surface area contributed by atoms with Gasteiger partial charge < -0.3 is 63.3 Å². The monoisotopic (exact) mass is 1080 g/mol. The highest BCUT2D eigenvalue weighted by Gasteiger charge is 2.23. The zero-order valence-corrected chi connectivity index (χ0v) is 45.0. The maximum atomic E-state index is 13.1. The molecular weight excluding hydrogens is 1010 g/mol. The fourth-order valence-corrected chi connectivity index (χ4v) is 9.55. The Morgan fingerprint density at radius 3 is 1.51 bits per heavy atom. The second-order valence-corrected chi connectivity index (χ2v) is 19.1. The second-order valence-electron chi connectivity index (χ2n) is 19.1. The van der Waals surface area contributed by atoms with Crippen LogP contribution in [0.25, 0.3) is 32.7 Å². The van der Waals surface area contributed by atoms with E-state index in [2.05, 4.69) is 47.9 Å². The van der Waals surface area contributed by atoms with Crippen LogP contribution in [0, 0.1) is 0 Å². The van der Waals surface area contributed by atoms with Crippen LogP contribution >= 0.6 is 0 Å². The van der Waals surface area contributed by atoms with Crippen molar-refractivity contribution in [2.45, 2.75) is 13.3 Å². The predicted molar refractivity (Wildman–Crippen MR) is 303 cm³/mol. The van der Waals surface area contributed by atoms with Crippen molar-refractivity contribution in [1.82, 2.24) is 34.7 Å². The number of benzene rings is 4. The molecule has 4 aliphatic heterocycles. The molecule has 3 aromatic heterocycles. The average molecular weight is 1080 g/mol. The Morgan fingerprint density at radius 1 is 0.544 bits per heavy atom. The topological polar surface area (TPSA) is 236 Å². The van der Waals surface area contributed by atoms with Crippen LogP contribution in [0.5, 0.6) is 23.0 Å². The van der Waals surface area contributed by atoms with Gasteiger partial charge in [-0.25, -0.2) is 19.6 Å². The molecule has 23 nitrogen and oxygen atoms in total. The van der Waals surface area contributed by atoms with Crippen molar-refractivity contribution < 1.29 is 47.5 Å². The molecule has 0 aliphatic carbocycles. The van der Waals surface area contributed by atoms with Gasteiger partial charge in [0, 0.05) is 117 Å². The Balaban J connectivity index is 0.000000178. The van der Waals surface area contributed by atoms with Gasteiger partial charge in [-0.3, -0.25) is 20.4 Å². The summed E-state index contributed by atoms with van der Waals surface area (Å²) in [6, 6.07) is 22.0. The number of aromatic amines is 1. The van der Waals surface area contributed by atoms with Crippen molar-refractivity contribution in [2.75, 3.05) is 177 Å². The van der Waals surface area contributed by atoms with E-state index in [1.54, 1.807) is 14.2 Å². The molecule has 0 unspecified atom stereocenters. The molecule has 5 N–H and O–H groups in total. The summed E-state index contributed by atoms with van der Waals surface area (Å²) in [5.41, 5.74) is 4.81. The number of hydrogen-bond donors (Lipinski definition) is 5. The molecule has 7 aromatic rings. The number of ether oxygens (including phenoxy) is 8. The number of methoxy groups -OCH3 is 2. The maximum absolute atomic E-state index is 13.1. The molecular formula is C56H69N13O10. The molecule has 7 heterocycles. The molecule has 4 fully saturated rings. The number of aryl methyl sites for hydroxylation is 1. The third-order valence-corrected chi connectivity index (χ3v) is 13.9. The molecule has 4 amide bonds. The summed E-state index contributed by atoms with van der Waals surface area (Å²) >= 11 is 0. The molecule has 0 bridgehead atoms. The number of carbonyl (C=O) groups is 2. The van der Waals surface area contributed by atoms with Crippen LogP contribution in [0.4, 0.5) is 44.5 Å². The van der Waals surface area contributed by atoms with Crippen molar-refractivity contribution in [3.63, 3.8) is 0 Å². The quantitative estimate of drug-likeness (QED) is 0.0638. The first-order chi connectivity index (χ1) is 38.8. The van der Waals surface area contributed by atoms with Crippen LogP contribution in [-0.4, -0.2) is 193 Å². The Kier molecular flexibility index (Phi) is 18.4. The highest BCUT2D eigenvalue weighted by atomic mass is 16.5. The Hall–Kier alpha value is -7.80. The number of anilines is 6. The van der Waals surface area contributed by atoms with E-state index in [1.165, 1.54) is 0 Å². The molecule has 23 heteroatoms. The van der Waals surface area contributed by atoms with E-state index in [1.807, 2.05) is 83.9 Å². The van der Waals surface area contributed by atoms with Gasteiger partial charge >= 0.3 is 12.1 Å². The van der Waals surface area contributed by atoms with Gasteiger partial charge in [0.2, 0.25) is 11.9 Å². The molecule has 0 saturated carbocycles. The summed E-state index contributed by atoms with van der Waals surface area (Å²) in [6.45, 7) is 16.1. The summed E-state index contributed by atoms with van der Waals surface area (Å²) in [6.07, 6.45) is 2.75. The van der Waals surface area contributed by atoms with Crippen molar-refractivity contribution >= 4 is 79.7 Å². The standard InChI is InChI=1S/C28H33N7O5.C28H36N6O5/c1-37-24-18-23-21(17-25(24)40-15-8-34-6-11-38-12-7-34)26(32-27(31-23)35-9-13-39-14-10-35)33-28(36)30-20-2-3-22-19(16-20)4-5-29-22;1-3-20-5-4-6-21(17-20)29-28(35)32-26-22-18-25(39-16-9-33-7-12-37-13-8-33)24(36-2)19-23(22)30-27(31-26)34-10-14-38-15-11-34/h2-5,16-18,29H,6-15H2,1H3,(H2,30,31,32,33,36);4-6,17-19H,3,7-16H2,1-2H3,(H2,29,30,31,32,35). The lowest BCUT2D eigenvalue weighted by Crippen LogP contribution is -2.38. The number of amides is 4. The van der Waals surface area contributed by atoms with Crippen LogP contribution in [0.1, 0.15) is 12.5 Å². The van der Waals surface area contributed by atoms with Crippen molar-refractivity contribution in [3.8, 4) is 23.0 Å². The SMILES string of the molecule is CCc1cccc(NC(=O)Nc2nc(N3CCOCC3)nc3cc(OC)c(OCCN4CCOCC4)cc23)c1.COc1cc2nc(N3CCOCC3)nc(NC(=O)Nc3ccc4[nH]ccc4c3)c2cc1OCCN1CCOCC1. The van der Waals surface area contributed by atoms with Crippen LogP contribution in [0.15, 0.2) is 79.0 Å². The summed E-state index contributed by atoms with van der Waals surface area (Å²) in [4.78, 5) is 57.2. The van der Waals surface area contributed by atoms with Gasteiger partial charge in [0.25, 0.3) is 0 Å². The van der Waals surface area contributed by atoms with Gasteiger partial charge in [-0.05, 0) is 60.5 Å². The summed E-state index contributed by atoms with van der Waals surface area (Å²) < 4.78 is 45.5. The summed E-state index contributed by atoms with van der Waals surface area (Å²) in [5.74, 6) is 4.09. The minimum absolute atomic E-state index is 0.382. The Labute approximate surface area is 458 Å². The lowest BCUT2D eigenvalue weighted by atomic mass is 10.1. The van der Waals surface area contributed by atoms with E-state index in [0.29, 0.717) is 146 Å². The lowest BCUT2D eigenvalue weighted by Gasteiger charge is -2.27. The van der Waals surface area contributed by atoms with Crippen LogP contribution in [0.3, 0.4) is 0 Å². The molecule has 0 atom stereocenters. The molecule has 0 radical (unpaired) electrons. The van der Waals surface area contributed by atoms with Crippen molar-refractivity contribution in [1.29, 1.82) is 0 Å². The highest BCUT2D eigenvalue weighted by Crippen LogP contribution is 2.37. The lowest BCUT2D eigenvalue weighted by molar-refractivity contribution is 0.0320. The van der Waals surface area contributed by atoms with E-state index in [4.69, 9.17) is 57.8 Å². The normalized spacial score (nSPS) is 16.2. The molecule has 4 aromatic carbocycles. The van der Waals surface area contributed by atoms with Gasteiger partial charge in [-0.1, -0.05) is 19.1 Å². The number of nitrogens with zero attached hydrogens (tertiary/aromatic N) is 8. The number of aromatic nitrogens is 5. The van der Waals surface area contributed by atoms with E-state index in [-0.39, 0.29) is 6.03 Å². The zero-order valence-electron chi connectivity index (χ0n) is 45.0. The van der Waals surface area contributed by atoms with Crippen LogP contribution in [0.2, 0.25) is 0 Å². The average Bonchev–Trinajstić information content (AvgIpc) is 4.03. The number of rotatable bonds is 17. The Morgan fingerprint density at radius 2 is 1.03 bits per heavy atom.